The van der Waals surface area contributed by atoms with Gasteiger partial charge in [0, 0.05) is 17.9 Å². The number of hydrogen-bond acceptors (Lipinski definition) is 1. The number of carboxylic acids is 1. The number of rotatable bonds is 4. The van der Waals surface area contributed by atoms with Crippen molar-refractivity contribution in [1.82, 2.24) is 0 Å². The van der Waals surface area contributed by atoms with Gasteiger partial charge in [0.05, 0.1) is 6.42 Å². The SMILES string of the molecule is CC(F)(F)c1ccc(F)c(C2(CC(=O)O)CC2)c1. The van der Waals surface area contributed by atoms with Crippen LogP contribution in [-0.2, 0) is 16.1 Å². The topological polar surface area (TPSA) is 37.3 Å². The Morgan fingerprint density at radius 2 is 2.06 bits per heavy atom. The van der Waals surface area contributed by atoms with Crippen molar-refractivity contribution in [2.45, 2.75) is 37.5 Å². The summed E-state index contributed by atoms with van der Waals surface area (Å²) in [7, 11) is 0. The third-order valence-corrected chi connectivity index (χ3v) is 3.39. The van der Waals surface area contributed by atoms with Gasteiger partial charge in [-0.05, 0) is 30.5 Å². The highest BCUT2D eigenvalue weighted by atomic mass is 19.3. The van der Waals surface area contributed by atoms with Crippen LogP contribution in [0.4, 0.5) is 13.2 Å². The molecule has 1 aromatic carbocycles. The summed E-state index contributed by atoms with van der Waals surface area (Å²) in [5.74, 6) is -4.70. The van der Waals surface area contributed by atoms with Crippen LogP contribution in [-0.4, -0.2) is 11.1 Å². The third-order valence-electron chi connectivity index (χ3n) is 3.39. The van der Waals surface area contributed by atoms with Gasteiger partial charge < -0.3 is 5.11 Å². The summed E-state index contributed by atoms with van der Waals surface area (Å²) in [5, 5.41) is 8.80. The van der Waals surface area contributed by atoms with Gasteiger partial charge in [-0.1, -0.05) is 6.07 Å². The van der Waals surface area contributed by atoms with E-state index in [9.17, 15) is 18.0 Å². The summed E-state index contributed by atoms with van der Waals surface area (Å²) in [6.45, 7) is 0.737. The van der Waals surface area contributed by atoms with E-state index in [1.807, 2.05) is 0 Å². The molecule has 0 aromatic heterocycles. The molecule has 0 spiro atoms. The van der Waals surface area contributed by atoms with E-state index in [0.29, 0.717) is 12.8 Å². The van der Waals surface area contributed by atoms with E-state index < -0.39 is 23.1 Å². The molecule has 2 nitrogen and oxygen atoms in total. The van der Waals surface area contributed by atoms with Crippen molar-refractivity contribution in [3.63, 3.8) is 0 Å². The van der Waals surface area contributed by atoms with Gasteiger partial charge in [-0.25, -0.2) is 13.2 Å². The Bertz CT molecular complexity index is 487. The van der Waals surface area contributed by atoms with E-state index in [-0.39, 0.29) is 17.5 Å². The van der Waals surface area contributed by atoms with Crippen molar-refractivity contribution < 1.29 is 23.1 Å². The highest BCUT2D eigenvalue weighted by Gasteiger charge is 2.48. The van der Waals surface area contributed by atoms with Gasteiger partial charge in [0.25, 0.3) is 5.92 Å². The second-order valence-corrected chi connectivity index (χ2v) is 4.93. The molecule has 1 N–H and O–H groups in total. The molecule has 0 unspecified atom stereocenters. The number of alkyl halides is 2. The highest BCUT2D eigenvalue weighted by Crippen LogP contribution is 2.52. The van der Waals surface area contributed by atoms with Crippen molar-refractivity contribution in [1.29, 1.82) is 0 Å². The van der Waals surface area contributed by atoms with Crippen LogP contribution in [0.1, 0.15) is 37.3 Å². The van der Waals surface area contributed by atoms with E-state index in [2.05, 4.69) is 0 Å². The Hall–Kier alpha value is -1.52. The summed E-state index contributed by atoms with van der Waals surface area (Å²) >= 11 is 0. The molecule has 1 aliphatic carbocycles. The van der Waals surface area contributed by atoms with Crippen molar-refractivity contribution >= 4 is 5.97 Å². The summed E-state index contributed by atoms with van der Waals surface area (Å²) in [5.41, 5.74) is -0.975. The Morgan fingerprint density at radius 1 is 1.44 bits per heavy atom. The van der Waals surface area contributed by atoms with Gasteiger partial charge in [0.2, 0.25) is 0 Å². The third kappa shape index (κ3) is 2.35. The Balaban J connectivity index is 2.42. The van der Waals surface area contributed by atoms with Crippen molar-refractivity contribution in [3.05, 3.63) is 35.1 Å². The molecule has 0 aliphatic heterocycles. The van der Waals surface area contributed by atoms with E-state index in [0.717, 1.165) is 25.1 Å². The van der Waals surface area contributed by atoms with Crippen LogP contribution >= 0.6 is 0 Å². The van der Waals surface area contributed by atoms with Crippen molar-refractivity contribution in [2.75, 3.05) is 0 Å². The number of benzene rings is 1. The number of carboxylic acid groups (broad SMARTS) is 1. The normalized spacial score (nSPS) is 17.6. The predicted octanol–water partition coefficient (Wildman–Crippen LogP) is 3.44. The summed E-state index contributed by atoms with van der Waals surface area (Å²) in [6.07, 6.45) is 0.826. The second kappa shape index (κ2) is 4.00. The standard InChI is InChI=1S/C13H13F3O2/c1-12(15,16)8-2-3-10(14)9(6-8)13(4-5-13)7-11(17)18/h2-3,6H,4-5,7H2,1H3,(H,17,18). The smallest absolute Gasteiger partial charge is 0.304 e. The lowest BCUT2D eigenvalue weighted by molar-refractivity contribution is -0.137. The Morgan fingerprint density at radius 3 is 2.50 bits per heavy atom. The minimum Gasteiger partial charge on any atom is -0.481 e. The van der Waals surface area contributed by atoms with Crippen LogP contribution in [0.3, 0.4) is 0 Å². The fraction of sp³-hybridized carbons (Fsp3) is 0.462. The van der Waals surface area contributed by atoms with Crippen LogP contribution in [0.2, 0.25) is 0 Å². The van der Waals surface area contributed by atoms with Crippen LogP contribution < -0.4 is 0 Å². The minimum atomic E-state index is -3.05. The number of hydrogen-bond donors (Lipinski definition) is 1. The zero-order valence-corrected chi connectivity index (χ0v) is 9.84. The van der Waals surface area contributed by atoms with Gasteiger partial charge in [-0.3, -0.25) is 4.79 Å². The van der Waals surface area contributed by atoms with Gasteiger partial charge in [-0.15, -0.1) is 0 Å². The van der Waals surface area contributed by atoms with Gasteiger partial charge in [-0.2, -0.15) is 0 Å². The fourth-order valence-corrected chi connectivity index (χ4v) is 2.19. The molecule has 0 bridgehead atoms. The first-order valence-corrected chi connectivity index (χ1v) is 5.65. The van der Waals surface area contributed by atoms with Crippen LogP contribution in [0.25, 0.3) is 0 Å². The molecule has 0 amide bonds. The van der Waals surface area contributed by atoms with Gasteiger partial charge >= 0.3 is 5.97 Å². The zero-order chi connectivity index (χ0) is 13.6. The molecule has 0 atom stereocenters. The Kier molecular flexibility index (Phi) is 2.87. The quantitative estimate of drug-likeness (QED) is 0.898. The average Bonchev–Trinajstić information content (AvgIpc) is 2.96. The monoisotopic (exact) mass is 258 g/mol. The molecule has 2 rings (SSSR count). The zero-order valence-electron chi connectivity index (χ0n) is 9.84. The summed E-state index contributed by atoms with van der Waals surface area (Å²) in [6, 6.07) is 3.13. The molecule has 1 aliphatic rings. The maximum atomic E-state index is 13.7. The first-order chi connectivity index (χ1) is 8.24. The minimum absolute atomic E-state index is 0.101. The van der Waals surface area contributed by atoms with Crippen LogP contribution in [0, 0.1) is 5.82 Å². The second-order valence-electron chi connectivity index (χ2n) is 4.93. The summed E-state index contributed by atoms with van der Waals surface area (Å²) in [4.78, 5) is 10.8. The molecule has 18 heavy (non-hydrogen) atoms. The lowest BCUT2D eigenvalue weighted by atomic mass is 9.90. The maximum Gasteiger partial charge on any atom is 0.304 e. The summed E-state index contributed by atoms with van der Waals surface area (Å²) < 4.78 is 40.1. The fourth-order valence-electron chi connectivity index (χ4n) is 2.19. The lowest BCUT2D eigenvalue weighted by Crippen LogP contribution is -2.17. The molecule has 0 heterocycles. The predicted molar refractivity (Wildman–Crippen MR) is 59.1 cm³/mol. The lowest BCUT2D eigenvalue weighted by Gasteiger charge is -2.18. The molecule has 0 saturated heterocycles. The first kappa shape index (κ1) is 12.9. The number of halogens is 3. The first-order valence-electron chi connectivity index (χ1n) is 5.65. The number of carbonyl (C=O) groups is 1. The largest absolute Gasteiger partial charge is 0.481 e. The number of aliphatic carboxylic acids is 1. The van der Waals surface area contributed by atoms with E-state index in [1.165, 1.54) is 0 Å². The molecular formula is C13H13F3O2. The molecule has 98 valence electrons. The van der Waals surface area contributed by atoms with Crippen molar-refractivity contribution in [2.24, 2.45) is 0 Å². The molecule has 0 radical (unpaired) electrons. The molecular weight excluding hydrogens is 245 g/mol. The molecule has 1 fully saturated rings. The van der Waals surface area contributed by atoms with E-state index >= 15 is 0 Å². The van der Waals surface area contributed by atoms with E-state index in [1.54, 1.807) is 0 Å². The van der Waals surface area contributed by atoms with Crippen molar-refractivity contribution in [3.8, 4) is 0 Å². The molecule has 1 saturated carbocycles. The maximum absolute atomic E-state index is 13.7. The van der Waals surface area contributed by atoms with Crippen LogP contribution in [0.15, 0.2) is 18.2 Å². The van der Waals surface area contributed by atoms with Gasteiger partial charge in [0.15, 0.2) is 0 Å². The highest BCUT2D eigenvalue weighted by molar-refractivity contribution is 5.70. The van der Waals surface area contributed by atoms with E-state index in [4.69, 9.17) is 5.11 Å². The molecule has 1 aromatic rings. The van der Waals surface area contributed by atoms with Crippen LogP contribution in [0.5, 0.6) is 0 Å². The molecule has 5 heteroatoms. The average molecular weight is 258 g/mol. The Labute approximate surface area is 102 Å². The van der Waals surface area contributed by atoms with Gasteiger partial charge in [0.1, 0.15) is 5.82 Å².